The molecule has 0 atom stereocenters. The van der Waals surface area contributed by atoms with E-state index in [4.69, 9.17) is 5.73 Å². The number of nitrogens with one attached hydrogen (secondary N) is 1. The van der Waals surface area contributed by atoms with Crippen LogP contribution in [0.1, 0.15) is 18.5 Å². The van der Waals surface area contributed by atoms with E-state index in [0.29, 0.717) is 6.04 Å². The van der Waals surface area contributed by atoms with Crippen molar-refractivity contribution >= 4 is 23.3 Å². The number of nitrogen functional groups attached to an aromatic ring is 1. The highest BCUT2D eigenvalue weighted by Gasteiger charge is 2.13. The minimum atomic E-state index is 0.585. The van der Waals surface area contributed by atoms with Crippen LogP contribution < -0.4 is 11.1 Å². The molecule has 0 bridgehead atoms. The Morgan fingerprint density at radius 1 is 1.40 bits per heavy atom. The van der Waals surface area contributed by atoms with Crippen LogP contribution in [-0.2, 0) is 0 Å². The van der Waals surface area contributed by atoms with Crippen molar-refractivity contribution in [2.24, 2.45) is 0 Å². The Labute approximate surface area is 94.8 Å². The molecule has 1 fully saturated rings. The summed E-state index contributed by atoms with van der Waals surface area (Å²) in [6, 6.07) is 4.47. The number of thioether (sulfide) groups is 1. The van der Waals surface area contributed by atoms with Gasteiger partial charge < -0.3 is 11.1 Å². The molecule has 1 aromatic rings. The topological polar surface area (TPSA) is 50.9 Å². The summed E-state index contributed by atoms with van der Waals surface area (Å²) in [6.07, 6.45) is 2.46. The third-order valence-electron chi connectivity index (χ3n) is 2.70. The molecule has 0 spiro atoms. The quantitative estimate of drug-likeness (QED) is 0.807. The first-order chi connectivity index (χ1) is 7.25. The van der Waals surface area contributed by atoms with E-state index in [-0.39, 0.29) is 0 Å². The minimum absolute atomic E-state index is 0.585. The fourth-order valence-electron chi connectivity index (χ4n) is 1.70. The first-order valence-corrected chi connectivity index (χ1v) is 6.48. The molecule has 3 nitrogen and oxygen atoms in total. The van der Waals surface area contributed by atoms with Crippen molar-refractivity contribution < 1.29 is 0 Å². The van der Waals surface area contributed by atoms with Gasteiger partial charge in [-0.3, -0.25) is 0 Å². The first-order valence-electron chi connectivity index (χ1n) is 5.33. The van der Waals surface area contributed by atoms with Gasteiger partial charge in [0.15, 0.2) is 0 Å². The summed E-state index contributed by atoms with van der Waals surface area (Å²) in [6.45, 7) is 1.94. The fourth-order valence-corrected chi connectivity index (χ4v) is 2.81. The number of anilines is 2. The maximum Gasteiger partial charge on any atom is 0.126 e. The summed E-state index contributed by atoms with van der Waals surface area (Å²) in [5.41, 5.74) is 7.40. The van der Waals surface area contributed by atoms with Gasteiger partial charge in [0, 0.05) is 6.04 Å². The fraction of sp³-hybridized carbons (Fsp3) is 0.545. The highest BCUT2D eigenvalue weighted by Crippen LogP contribution is 2.21. The Morgan fingerprint density at radius 3 is 2.80 bits per heavy atom. The van der Waals surface area contributed by atoms with Gasteiger partial charge >= 0.3 is 0 Å². The maximum atomic E-state index is 5.73. The van der Waals surface area contributed by atoms with Gasteiger partial charge in [-0.15, -0.1) is 0 Å². The molecule has 1 aromatic heterocycles. The molecule has 82 valence electrons. The third kappa shape index (κ3) is 2.78. The van der Waals surface area contributed by atoms with Crippen LogP contribution in [0.5, 0.6) is 0 Å². The summed E-state index contributed by atoms with van der Waals surface area (Å²) in [5.74, 6) is 3.47. The third-order valence-corrected chi connectivity index (χ3v) is 3.75. The molecule has 0 amide bonds. The molecular weight excluding hydrogens is 206 g/mol. The number of rotatable bonds is 2. The second-order valence-corrected chi connectivity index (χ2v) is 5.13. The van der Waals surface area contributed by atoms with E-state index in [1.807, 2.05) is 30.8 Å². The number of hydrogen-bond donors (Lipinski definition) is 2. The van der Waals surface area contributed by atoms with Gasteiger partial charge in [0.1, 0.15) is 5.82 Å². The van der Waals surface area contributed by atoms with Crippen LogP contribution in [0, 0.1) is 6.92 Å². The number of aryl methyl sites for hydroxylation is 1. The van der Waals surface area contributed by atoms with E-state index in [2.05, 4.69) is 10.3 Å². The van der Waals surface area contributed by atoms with Crippen LogP contribution in [0.15, 0.2) is 12.1 Å². The van der Waals surface area contributed by atoms with Crippen molar-refractivity contribution in [3.8, 4) is 0 Å². The van der Waals surface area contributed by atoms with Crippen molar-refractivity contribution in [2.45, 2.75) is 25.8 Å². The highest BCUT2D eigenvalue weighted by molar-refractivity contribution is 7.99. The molecule has 0 aromatic carbocycles. The van der Waals surface area contributed by atoms with E-state index in [9.17, 15) is 0 Å². The Kier molecular flexibility index (Phi) is 3.36. The zero-order valence-corrected chi connectivity index (χ0v) is 9.81. The van der Waals surface area contributed by atoms with Crippen LogP contribution in [0.25, 0.3) is 0 Å². The largest absolute Gasteiger partial charge is 0.397 e. The SMILES string of the molecule is Cc1nc(NC2CCSCC2)ccc1N. The molecule has 0 aliphatic carbocycles. The molecule has 4 heteroatoms. The number of nitrogens with two attached hydrogens (primary N) is 1. The molecule has 0 radical (unpaired) electrons. The average molecular weight is 223 g/mol. The molecule has 0 unspecified atom stereocenters. The van der Waals surface area contributed by atoms with Gasteiger partial charge in [0.2, 0.25) is 0 Å². The second kappa shape index (κ2) is 4.75. The van der Waals surface area contributed by atoms with E-state index < -0.39 is 0 Å². The Balaban J connectivity index is 2.00. The lowest BCUT2D eigenvalue weighted by Crippen LogP contribution is -2.25. The Morgan fingerprint density at radius 2 is 2.13 bits per heavy atom. The summed E-state index contributed by atoms with van der Waals surface area (Å²) >= 11 is 2.03. The van der Waals surface area contributed by atoms with Crippen molar-refractivity contribution in [1.82, 2.24) is 4.98 Å². The Hall–Kier alpha value is -0.900. The van der Waals surface area contributed by atoms with Crippen molar-refractivity contribution in [3.63, 3.8) is 0 Å². The van der Waals surface area contributed by atoms with E-state index >= 15 is 0 Å². The second-order valence-electron chi connectivity index (χ2n) is 3.90. The van der Waals surface area contributed by atoms with Crippen molar-refractivity contribution in [3.05, 3.63) is 17.8 Å². The summed E-state index contributed by atoms with van der Waals surface area (Å²) in [4.78, 5) is 4.42. The smallest absolute Gasteiger partial charge is 0.126 e. The monoisotopic (exact) mass is 223 g/mol. The van der Waals surface area contributed by atoms with Crippen LogP contribution in [0.3, 0.4) is 0 Å². The summed E-state index contributed by atoms with van der Waals surface area (Å²) < 4.78 is 0. The standard InChI is InChI=1S/C11H17N3S/c1-8-10(12)2-3-11(13-8)14-9-4-6-15-7-5-9/h2-3,9H,4-7,12H2,1H3,(H,13,14). The zero-order chi connectivity index (χ0) is 10.7. The zero-order valence-electron chi connectivity index (χ0n) is 8.99. The number of hydrogen-bond acceptors (Lipinski definition) is 4. The van der Waals surface area contributed by atoms with Crippen LogP contribution in [-0.4, -0.2) is 22.5 Å². The van der Waals surface area contributed by atoms with Gasteiger partial charge in [0.25, 0.3) is 0 Å². The molecule has 1 aliphatic rings. The number of aromatic nitrogens is 1. The number of nitrogens with zero attached hydrogens (tertiary/aromatic N) is 1. The average Bonchev–Trinajstić information content (AvgIpc) is 2.25. The summed E-state index contributed by atoms with van der Waals surface area (Å²) in [7, 11) is 0. The number of pyridine rings is 1. The molecule has 2 heterocycles. The predicted octanol–water partition coefficient (Wildman–Crippen LogP) is 2.28. The predicted molar refractivity (Wildman–Crippen MR) is 67.4 cm³/mol. The van der Waals surface area contributed by atoms with Crippen LogP contribution >= 0.6 is 11.8 Å². The maximum absolute atomic E-state index is 5.73. The Bertz CT molecular complexity index is 335. The van der Waals surface area contributed by atoms with E-state index in [1.165, 1.54) is 24.3 Å². The van der Waals surface area contributed by atoms with Gasteiger partial charge in [-0.1, -0.05) is 0 Å². The lowest BCUT2D eigenvalue weighted by Gasteiger charge is -2.23. The molecule has 0 saturated carbocycles. The van der Waals surface area contributed by atoms with Crippen molar-refractivity contribution in [1.29, 1.82) is 0 Å². The lowest BCUT2D eigenvalue weighted by atomic mass is 10.1. The van der Waals surface area contributed by atoms with Gasteiger partial charge in [-0.25, -0.2) is 4.98 Å². The van der Waals surface area contributed by atoms with Gasteiger partial charge in [-0.05, 0) is 43.4 Å². The van der Waals surface area contributed by atoms with Crippen LogP contribution in [0.4, 0.5) is 11.5 Å². The van der Waals surface area contributed by atoms with Crippen molar-refractivity contribution in [2.75, 3.05) is 22.6 Å². The van der Waals surface area contributed by atoms with Gasteiger partial charge in [0.05, 0.1) is 11.4 Å². The molecular formula is C11H17N3S. The highest BCUT2D eigenvalue weighted by atomic mass is 32.2. The van der Waals surface area contributed by atoms with E-state index in [1.54, 1.807) is 0 Å². The first kappa shape index (κ1) is 10.6. The molecule has 3 N–H and O–H groups in total. The lowest BCUT2D eigenvalue weighted by molar-refractivity contribution is 0.663. The molecule has 15 heavy (non-hydrogen) atoms. The molecule has 2 rings (SSSR count). The normalized spacial score (nSPS) is 17.7. The summed E-state index contributed by atoms with van der Waals surface area (Å²) in [5, 5.41) is 3.47. The minimum Gasteiger partial charge on any atom is -0.397 e. The van der Waals surface area contributed by atoms with Gasteiger partial charge in [-0.2, -0.15) is 11.8 Å². The molecule has 1 aliphatic heterocycles. The molecule has 1 saturated heterocycles. The van der Waals surface area contributed by atoms with E-state index in [0.717, 1.165) is 17.2 Å². The van der Waals surface area contributed by atoms with Crippen LogP contribution in [0.2, 0.25) is 0 Å².